The molecule has 1 aromatic carbocycles. The largest absolute Gasteiger partial charge is 0.497 e. The molecule has 1 aliphatic rings. The Hall–Kier alpha value is -2.57. The molecule has 7 heteroatoms. The molecule has 122 valence electrons. The zero-order valence-electron chi connectivity index (χ0n) is 13.2. The molecule has 0 amide bonds. The summed E-state index contributed by atoms with van der Waals surface area (Å²) in [6, 6.07) is 5.30. The average Bonchev–Trinajstić information content (AvgIpc) is 3.12. The predicted molar refractivity (Wildman–Crippen MR) is 79.9 cm³/mol. The van der Waals surface area contributed by atoms with Crippen LogP contribution in [-0.4, -0.2) is 30.3 Å². The second-order valence-corrected chi connectivity index (χ2v) is 5.51. The van der Waals surface area contributed by atoms with Crippen molar-refractivity contribution >= 4 is 5.97 Å². The third-order valence-corrected chi connectivity index (χ3v) is 3.87. The lowest BCUT2D eigenvalue weighted by Gasteiger charge is -2.07. The maximum atomic E-state index is 11.7. The Kier molecular flexibility index (Phi) is 4.18. The van der Waals surface area contributed by atoms with Gasteiger partial charge in [0.1, 0.15) is 11.5 Å². The molecule has 0 N–H and O–H groups in total. The van der Waals surface area contributed by atoms with Gasteiger partial charge in [-0.1, -0.05) is 12.1 Å². The summed E-state index contributed by atoms with van der Waals surface area (Å²) in [6.07, 6.45) is 0.886. The Bertz CT molecular complexity index is 712. The molecule has 0 spiro atoms. The molecule has 1 fully saturated rings. The van der Waals surface area contributed by atoms with Gasteiger partial charge in [0.2, 0.25) is 5.82 Å². The van der Waals surface area contributed by atoms with Gasteiger partial charge in [0.15, 0.2) is 6.61 Å². The van der Waals surface area contributed by atoms with Crippen LogP contribution in [0.3, 0.4) is 0 Å². The van der Waals surface area contributed by atoms with Crippen LogP contribution in [0, 0.1) is 11.8 Å². The van der Waals surface area contributed by atoms with Crippen LogP contribution in [0.15, 0.2) is 22.7 Å². The molecule has 0 bridgehead atoms. The molecule has 23 heavy (non-hydrogen) atoms. The smallest absolute Gasteiger partial charge is 0.309 e. The molecule has 0 radical (unpaired) electrons. The molecule has 0 unspecified atom stereocenters. The van der Waals surface area contributed by atoms with Crippen molar-refractivity contribution in [2.75, 3.05) is 14.2 Å². The summed E-state index contributed by atoms with van der Waals surface area (Å²) >= 11 is 0. The monoisotopic (exact) mass is 318 g/mol. The normalized spacial score (nSPS) is 19.3. The van der Waals surface area contributed by atoms with E-state index in [1.54, 1.807) is 32.4 Å². The summed E-state index contributed by atoms with van der Waals surface area (Å²) in [7, 11) is 3.13. The number of methoxy groups -OCH3 is 2. The third kappa shape index (κ3) is 3.28. The molecule has 1 saturated carbocycles. The van der Waals surface area contributed by atoms with Crippen LogP contribution in [0.25, 0.3) is 11.4 Å². The summed E-state index contributed by atoms with van der Waals surface area (Å²) in [5.41, 5.74) is 0.672. The van der Waals surface area contributed by atoms with Gasteiger partial charge < -0.3 is 18.7 Å². The van der Waals surface area contributed by atoms with Crippen molar-refractivity contribution in [1.29, 1.82) is 0 Å². The van der Waals surface area contributed by atoms with Crippen molar-refractivity contribution in [3.8, 4) is 22.9 Å². The highest BCUT2D eigenvalue weighted by atomic mass is 16.6. The summed E-state index contributed by atoms with van der Waals surface area (Å²) in [6.45, 7) is 2.00. The minimum atomic E-state index is -0.209. The number of esters is 1. The Morgan fingerprint density at radius 1 is 1.35 bits per heavy atom. The molecule has 1 aromatic heterocycles. The molecule has 0 aliphatic heterocycles. The standard InChI is InChI=1S/C16H18N2O5/c1-9-6-12(9)16(19)22-8-14-17-15(18-23-14)11-5-4-10(20-2)7-13(11)21-3/h4-5,7,9,12H,6,8H2,1-3H3/t9-,12+/m1/s1. The maximum Gasteiger partial charge on any atom is 0.309 e. The summed E-state index contributed by atoms with van der Waals surface area (Å²) in [5, 5.41) is 3.91. The molecular formula is C16H18N2O5. The van der Waals surface area contributed by atoms with Crippen molar-refractivity contribution in [2.45, 2.75) is 20.0 Å². The zero-order valence-corrected chi connectivity index (χ0v) is 13.2. The molecule has 1 aliphatic carbocycles. The number of carbonyl (C=O) groups excluding carboxylic acids is 1. The highest BCUT2D eigenvalue weighted by Crippen LogP contribution is 2.38. The first-order chi connectivity index (χ1) is 11.1. The highest BCUT2D eigenvalue weighted by molar-refractivity contribution is 5.75. The molecule has 7 nitrogen and oxygen atoms in total. The molecule has 3 rings (SSSR count). The first kappa shape index (κ1) is 15.3. The summed E-state index contributed by atoms with van der Waals surface area (Å²) in [4.78, 5) is 15.9. The van der Waals surface area contributed by atoms with Crippen molar-refractivity contribution in [1.82, 2.24) is 10.1 Å². The van der Waals surface area contributed by atoms with Crippen molar-refractivity contribution < 1.29 is 23.5 Å². The number of benzene rings is 1. The third-order valence-electron chi connectivity index (χ3n) is 3.87. The van der Waals surface area contributed by atoms with Gasteiger partial charge >= 0.3 is 5.97 Å². The lowest BCUT2D eigenvalue weighted by molar-refractivity contribution is -0.147. The number of aromatic nitrogens is 2. The first-order valence-electron chi connectivity index (χ1n) is 7.34. The zero-order chi connectivity index (χ0) is 16.4. The minimum Gasteiger partial charge on any atom is -0.497 e. The fourth-order valence-electron chi connectivity index (χ4n) is 2.30. The lowest BCUT2D eigenvalue weighted by Crippen LogP contribution is -2.07. The average molecular weight is 318 g/mol. The first-order valence-corrected chi connectivity index (χ1v) is 7.34. The number of ether oxygens (including phenoxy) is 3. The summed E-state index contributed by atoms with van der Waals surface area (Å²) in [5.74, 6) is 2.07. The second-order valence-electron chi connectivity index (χ2n) is 5.51. The van der Waals surface area contributed by atoms with Crippen LogP contribution >= 0.6 is 0 Å². The van der Waals surface area contributed by atoms with Gasteiger partial charge in [-0.15, -0.1) is 0 Å². The van der Waals surface area contributed by atoms with E-state index >= 15 is 0 Å². The Morgan fingerprint density at radius 2 is 2.13 bits per heavy atom. The molecule has 0 saturated heterocycles. The fraction of sp³-hybridized carbons (Fsp3) is 0.438. The van der Waals surface area contributed by atoms with Crippen LogP contribution in [0.2, 0.25) is 0 Å². The van der Waals surface area contributed by atoms with E-state index in [-0.39, 0.29) is 24.4 Å². The molecule has 2 atom stereocenters. The van der Waals surface area contributed by atoms with Crippen LogP contribution < -0.4 is 9.47 Å². The van der Waals surface area contributed by atoms with E-state index in [2.05, 4.69) is 10.1 Å². The van der Waals surface area contributed by atoms with E-state index in [1.165, 1.54) is 0 Å². The van der Waals surface area contributed by atoms with Gasteiger partial charge in [-0.25, -0.2) is 0 Å². The van der Waals surface area contributed by atoms with Crippen LogP contribution in [0.1, 0.15) is 19.2 Å². The van der Waals surface area contributed by atoms with Gasteiger partial charge in [0.25, 0.3) is 5.89 Å². The van der Waals surface area contributed by atoms with Gasteiger partial charge in [-0.05, 0) is 24.5 Å². The topological polar surface area (TPSA) is 83.7 Å². The molecule has 2 aromatic rings. The highest BCUT2D eigenvalue weighted by Gasteiger charge is 2.40. The Balaban J connectivity index is 1.70. The number of hydrogen-bond donors (Lipinski definition) is 0. The van der Waals surface area contributed by atoms with E-state index < -0.39 is 0 Å². The maximum absolute atomic E-state index is 11.7. The predicted octanol–water partition coefficient (Wildman–Crippen LogP) is 2.45. The number of hydrogen-bond acceptors (Lipinski definition) is 7. The minimum absolute atomic E-state index is 0.0130. The van der Waals surface area contributed by atoms with Gasteiger partial charge in [-0.2, -0.15) is 4.98 Å². The lowest BCUT2D eigenvalue weighted by atomic mass is 10.2. The number of carbonyl (C=O) groups is 1. The molecule has 1 heterocycles. The number of rotatable bonds is 6. The van der Waals surface area contributed by atoms with Gasteiger partial charge in [0.05, 0.1) is 25.7 Å². The van der Waals surface area contributed by atoms with E-state index in [4.69, 9.17) is 18.7 Å². The second kappa shape index (κ2) is 6.28. The Morgan fingerprint density at radius 3 is 2.78 bits per heavy atom. The van der Waals surface area contributed by atoms with Crippen LogP contribution in [0.4, 0.5) is 0 Å². The fourth-order valence-corrected chi connectivity index (χ4v) is 2.30. The van der Waals surface area contributed by atoms with Crippen LogP contribution in [-0.2, 0) is 16.1 Å². The van der Waals surface area contributed by atoms with Crippen molar-refractivity contribution in [3.63, 3.8) is 0 Å². The summed E-state index contributed by atoms with van der Waals surface area (Å²) < 4.78 is 20.8. The van der Waals surface area contributed by atoms with Gasteiger partial charge in [-0.3, -0.25) is 4.79 Å². The van der Waals surface area contributed by atoms with E-state index in [1.807, 2.05) is 6.92 Å². The van der Waals surface area contributed by atoms with E-state index in [9.17, 15) is 4.79 Å². The molecular weight excluding hydrogens is 300 g/mol. The van der Waals surface area contributed by atoms with Crippen molar-refractivity contribution in [3.05, 3.63) is 24.1 Å². The quantitative estimate of drug-likeness (QED) is 0.756. The number of nitrogens with zero attached hydrogens (tertiary/aromatic N) is 2. The van der Waals surface area contributed by atoms with E-state index in [0.717, 1.165) is 6.42 Å². The van der Waals surface area contributed by atoms with Gasteiger partial charge in [0, 0.05) is 6.07 Å². The van der Waals surface area contributed by atoms with Crippen LogP contribution in [0.5, 0.6) is 11.5 Å². The van der Waals surface area contributed by atoms with Crippen molar-refractivity contribution in [2.24, 2.45) is 11.8 Å². The Labute approximate surface area is 133 Å². The SMILES string of the molecule is COc1ccc(-c2noc(COC(=O)[C@H]3C[C@H]3C)n2)c(OC)c1. The van der Waals surface area contributed by atoms with E-state index in [0.29, 0.717) is 28.8 Å².